The molecule has 4 N–H and O–H groups in total. The predicted octanol–water partition coefficient (Wildman–Crippen LogP) is 10.6. The highest BCUT2D eigenvalue weighted by Crippen LogP contribution is 2.65. The Morgan fingerprint density at radius 1 is 0.523 bits per heavy atom. The van der Waals surface area contributed by atoms with E-state index in [2.05, 4.69) is 49.7 Å². The molecule has 7 nitrogen and oxygen atoms in total. The minimum absolute atomic E-state index is 0.222. The van der Waals surface area contributed by atoms with Gasteiger partial charge in [-0.25, -0.2) is 0 Å². The van der Waals surface area contributed by atoms with Gasteiger partial charge in [-0.2, -0.15) is 0 Å². The van der Waals surface area contributed by atoms with Crippen LogP contribution >= 0.6 is 0 Å². The molecule has 0 bridgehead atoms. The first-order chi connectivity index (χ1) is 31.5. The third-order valence-corrected chi connectivity index (χ3v) is 17.7. The minimum atomic E-state index is -0.997. The van der Waals surface area contributed by atoms with Gasteiger partial charge in [0.2, 0.25) is 0 Å². The molecule has 10 rings (SSSR count). The number of aliphatic hydroxyl groups is 2. The van der Waals surface area contributed by atoms with Crippen LogP contribution in [-0.4, -0.2) is 58.1 Å². The molecule has 0 radical (unpaired) electrons. The van der Waals surface area contributed by atoms with Crippen LogP contribution in [0.3, 0.4) is 0 Å². The van der Waals surface area contributed by atoms with E-state index in [1.54, 1.807) is 0 Å². The maximum Gasteiger partial charge on any atom is 0.131 e. The molecule has 4 saturated carbocycles. The molecule has 340 valence electrons. The molecule has 0 amide bonds. The summed E-state index contributed by atoms with van der Waals surface area (Å²) in [5.74, 6) is 18.7. The average molecular weight is 875 g/mol. The van der Waals surface area contributed by atoms with E-state index in [9.17, 15) is 20.4 Å². The lowest BCUT2D eigenvalue weighted by atomic mass is 9.53. The van der Waals surface area contributed by atoms with Gasteiger partial charge in [-0.15, -0.1) is 0 Å². The van der Waals surface area contributed by atoms with Crippen molar-refractivity contribution in [1.29, 1.82) is 0 Å². The smallest absolute Gasteiger partial charge is 0.131 e. The van der Waals surface area contributed by atoms with Crippen LogP contribution in [0, 0.1) is 58.2 Å². The number of phenols is 2. The second-order valence-electron chi connectivity index (χ2n) is 20.9. The molecular weight excluding hydrogens is 809 g/mol. The Kier molecular flexibility index (Phi) is 12.0. The van der Waals surface area contributed by atoms with E-state index in [1.807, 2.05) is 72.8 Å². The topological polar surface area (TPSA) is 109 Å². The Morgan fingerprint density at radius 2 is 0.954 bits per heavy atom. The highest BCUT2D eigenvalue weighted by molar-refractivity contribution is 5.45. The molecule has 6 aliphatic rings. The standard InChI is InChI=1S/C58H66O7/c1-55-27-23-49-47-19-11-43(59)37-41(47)9-17-51(49)53(55)25-31-57(55,61)29-21-39-5-13-45(14-6-39)64-35-3-33-63-34-4-36-65-46-15-7-40(8-16-46)22-30-58(62)32-26-54-52-18-10-42-38-44(60)12-20-48(42)50(52)24-28-56(54,58)2/h5-8,11-16,19-20,37-38,49-54,59-62H,3-4,9-10,17-18,23-28,31-36H2,1-2H3/t49-,50-,51-,52-,53+,54+,55+,56+,57+,58+/m1/s1. The lowest BCUT2D eigenvalue weighted by Crippen LogP contribution is -2.50. The van der Waals surface area contributed by atoms with Gasteiger partial charge >= 0.3 is 0 Å². The summed E-state index contributed by atoms with van der Waals surface area (Å²) in [4.78, 5) is 0. The van der Waals surface area contributed by atoms with Crippen LogP contribution < -0.4 is 9.47 Å². The van der Waals surface area contributed by atoms with Crippen LogP contribution in [0.15, 0.2) is 84.9 Å². The van der Waals surface area contributed by atoms with Crippen molar-refractivity contribution in [3.63, 3.8) is 0 Å². The number of benzene rings is 4. The molecule has 65 heavy (non-hydrogen) atoms. The van der Waals surface area contributed by atoms with Crippen LogP contribution in [0.5, 0.6) is 23.0 Å². The largest absolute Gasteiger partial charge is 0.508 e. The molecule has 0 unspecified atom stereocenters. The molecule has 4 aromatic carbocycles. The summed E-state index contributed by atoms with van der Waals surface area (Å²) < 4.78 is 17.8. The first-order valence-electron chi connectivity index (χ1n) is 24.6. The zero-order valence-corrected chi connectivity index (χ0v) is 38.3. The summed E-state index contributed by atoms with van der Waals surface area (Å²) in [5, 5.41) is 44.2. The van der Waals surface area contributed by atoms with Crippen molar-refractivity contribution in [1.82, 2.24) is 0 Å². The molecule has 0 heterocycles. The molecular formula is C58H66O7. The SMILES string of the molecule is C[C@]12CC[C@@H]3c4ccc(O)cc4CC[C@H]3[C@@H]1CC[C@@]2(O)C#Cc1ccc(OCCCOCCCOc2ccc(C#C[C@]3(O)CC[C@H]4[C@@H]5CCc6cc(O)ccc6[C@H]5CC[C@@]43C)cc2)cc1. The van der Waals surface area contributed by atoms with E-state index in [1.165, 1.54) is 22.3 Å². The summed E-state index contributed by atoms with van der Waals surface area (Å²) in [5.41, 5.74) is 4.73. The highest BCUT2D eigenvalue weighted by Gasteiger charge is 2.62. The normalized spacial score (nSPS) is 32.7. The quantitative estimate of drug-likeness (QED) is 0.0928. The van der Waals surface area contributed by atoms with Gasteiger partial charge in [0, 0.05) is 48.0 Å². The summed E-state index contributed by atoms with van der Waals surface area (Å²) in [6.07, 6.45) is 13.3. The zero-order valence-electron chi connectivity index (χ0n) is 38.3. The van der Waals surface area contributed by atoms with Crippen molar-refractivity contribution in [2.45, 2.75) is 127 Å². The Bertz CT molecular complexity index is 2320. The van der Waals surface area contributed by atoms with Crippen LogP contribution in [0.1, 0.15) is 136 Å². The third kappa shape index (κ3) is 8.21. The van der Waals surface area contributed by atoms with Gasteiger partial charge < -0.3 is 34.6 Å². The van der Waals surface area contributed by atoms with Crippen molar-refractivity contribution in [2.24, 2.45) is 34.5 Å². The summed E-state index contributed by atoms with van der Waals surface area (Å²) in [6.45, 7) is 6.90. The monoisotopic (exact) mass is 874 g/mol. The van der Waals surface area contributed by atoms with Crippen LogP contribution in [0.25, 0.3) is 0 Å². The Labute approximate surface area is 385 Å². The van der Waals surface area contributed by atoms with E-state index < -0.39 is 11.2 Å². The van der Waals surface area contributed by atoms with E-state index >= 15 is 0 Å². The molecule has 0 spiro atoms. The van der Waals surface area contributed by atoms with E-state index in [0.717, 1.165) is 99.7 Å². The maximum absolute atomic E-state index is 12.0. The van der Waals surface area contributed by atoms with Crippen molar-refractivity contribution in [3.8, 4) is 46.7 Å². The van der Waals surface area contributed by atoms with Gasteiger partial charge in [-0.1, -0.05) is 49.7 Å². The van der Waals surface area contributed by atoms with Gasteiger partial charge in [-0.05, 0) is 208 Å². The average Bonchev–Trinajstić information content (AvgIpc) is 3.75. The minimum Gasteiger partial charge on any atom is -0.508 e. The second kappa shape index (κ2) is 17.7. The van der Waals surface area contributed by atoms with Crippen LogP contribution in [-0.2, 0) is 17.6 Å². The second-order valence-corrected chi connectivity index (χ2v) is 20.9. The number of ether oxygens (including phenoxy) is 3. The Morgan fingerprint density at radius 3 is 1.38 bits per heavy atom. The predicted molar refractivity (Wildman–Crippen MR) is 253 cm³/mol. The van der Waals surface area contributed by atoms with Crippen molar-refractivity contribution in [2.75, 3.05) is 26.4 Å². The van der Waals surface area contributed by atoms with Crippen LogP contribution in [0.2, 0.25) is 0 Å². The van der Waals surface area contributed by atoms with Gasteiger partial charge in [0.1, 0.15) is 34.2 Å². The third-order valence-electron chi connectivity index (χ3n) is 17.7. The molecule has 7 heteroatoms. The lowest BCUT2D eigenvalue weighted by molar-refractivity contribution is -0.0648. The van der Waals surface area contributed by atoms with Gasteiger partial charge in [0.25, 0.3) is 0 Å². The summed E-state index contributed by atoms with van der Waals surface area (Å²) in [7, 11) is 0. The molecule has 4 aromatic rings. The van der Waals surface area contributed by atoms with E-state index in [0.29, 0.717) is 86.3 Å². The Balaban J connectivity index is 0.622. The molecule has 0 aromatic heterocycles. The number of fused-ring (bicyclic) bond motifs is 10. The summed E-state index contributed by atoms with van der Waals surface area (Å²) >= 11 is 0. The number of hydrogen-bond acceptors (Lipinski definition) is 7. The fourth-order valence-corrected chi connectivity index (χ4v) is 14.0. The molecule has 0 aliphatic heterocycles. The van der Waals surface area contributed by atoms with Crippen LogP contribution in [0.4, 0.5) is 0 Å². The zero-order chi connectivity index (χ0) is 44.8. The highest BCUT2D eigenvalue weighted by atomic mass is 16.5. The number of aromatic hydroxyl groups is 2. The Hall–Kier alpha value is -4.92. The van der Waals surface area contributed by atoms with Gasteiger partial charge in [0.15, 0.2) is 0 Å². The molecule has 0 saturated heterocycles. The first kappa shape index (κ1) is 43.9. The maximum atomic E-state index is 12.0. The number of rotatable bonds is 10. The van der Waals surface area contributed by atoms with Crippen molar-refractivity contribution >= 4 is 0 Å². The van der Waals surface area contributed by atoms with Gasteiger partial charge in [0.05, 0.1) is 13.2 Å². The molecule has 4 fully saturated rings. The number of phenolic OH excluding ortho intramolecular Hbond substituents is 2. The number of aryl methyl sites for hydroxylation is 2. The molecule has 6 aliphatic carbocycles. The van der Waals surface area contributed by atoms with Crippen molar-refractivity contribution in [3.05, 3.63) is 118 Å². The number of hydrogen-bond donors (Lipinski definition) is 4. The van der Waals surface area contributed by atoms with Gasteiger partial charge in [-0.3, -0.25) is 0 Å². The fourth-order valence-electron chi connectivity index (χ4n) is 14.0. The van der Waals surface area contributed by atoms with E-state index in [-0.39, 0.29) is 10.8 Å². The lowest BCUT2D eigenvalue weighted by Gasteiger charge is -2.52. The first-order valence-corrected chi connectivity index (χ1v) is 24.6. The summed E-state index contributed by atoms with van der Waals surface area (Å²) in [6, 6.07) is 27.6. The molecule has 10 atom stereocenters. The van der Waals surface area contributed by atoms with Crippen molar-refractivity contribution < 1.29 is 34.6 Å². The fraction of sp³-hybridized carbons (Fsp3) is 0.517. The van der Waals surface area contributed by atoms with E-state index in [4.69, 9.17) is 14.2 Å².